The van der Waals surface area contributed by atoms with Gasteiger partial charge in [0, 0.05) is 10.5 Å². The molecule has 1 N–H and O–H groups in total. The van der Waals surface area contributed by atoms with E-state index < -0.39 is 11.7 Å². The molecule has 0 atom stereocenters. The zero-order chi connectivity index (χ0) is 19.4. The van der Waals surface area contributed by atoms with E-state index in [9.17, 15) is 18.0 Å². The minimum Gasteiger partial charge on any atom is -0.403 e. The lowest BCUT2D eigenvalue weighted by molar-refractivity contribution is -0.137. The molecule has 1 amide bonds. The first kappa shape index (κ1) is 19.0. The Labute approximate surface area is 157 Å². The second-order valence-electron chi connectivity index (χ2n) is 5.64. The van der Waals surface area contributed by atoms with Gasteiger partial charge in [0.25, 0.3) is 0 Å². The van der Waals surface area contributed by atoms with Gasteiger partial charge in [0.15, 0.2) is 0 Å². The Kier molecular flexibility index (Phi) is 5.50. The molecule has 140 valence electrons. The summed E-state index contributed by atoms with van der Waals surface area (Å²) in [5.41, 5.74) is 0.683. The minimum absolute atomic E-state index is 0.0187. The lowest BCUT2D eigenvalue weighted by atomic mass is 10.1. The summed E-state index contributed by atoms with van der Waals surface area (Å²) in [6, 6.07) is 11.9. The van der Waals surface area contributed by atoms with Crippen LogP contribution in [-0.2, 0) is 11.0 Å². The first-order valence-corrected chi connectivity index (χ1v) is 8.80. The zero-order valence-electron chi connectivity index (χ0n) is 14.1. The van der Waals surface area contributed by atoms with Gasteiger partial charge in [-0.3, -0.25) is 10.1 Å². The van der Waals surface area contributed by atoms with Gasteiger partial charge in [0.05, 0.1) is 11.3 Å². The second kappa shape index (κ2) is 7.83. The number of thioether (sulfide) groups is 1. The van der Waals surface area contributed by atoms with Crippen molar-refractivity contribution in [3.8, 4) is 11.5 Å². The largest absolute Gasteiger partial charge is 0.416 e. The Bertz CT molecular complexity index is 922. The van der Waals surface area contributed by atoms with Crippen molar-refractivity contribution in [3.05, 3.63) is 59.7 Å². The Balaban J connectivity index is 1.58. The van der Waals surface area contributed by atoms with Gasteiger partial charge < -0.3 is 4.42 Å². The summed E-state index contributed by atoms with van der Waals surface area (Å²) in [5.74, 6) is -0.158. The number of amides is 1. The van der Waals surface area contributed by atoms with Crippen molar-refractivity contribution >= 4 is 23.7 Å². The summed E-state index contributed by atoms with van der Waals surface area (Å²) in [6.07, 6.45) is -4.42. The summed E-state index contributed by atoms with van der Waals surface area (Å²) < 4.78 is 43.0. The van der Waals surface area contributed by atoms with Crippen molar-refractivity contribution in [3.63, 3.8) is 0 Å². The third kappa shape index (κ3) is 5.10. The van der Waals surface area contributed by atoms with Crippen LogP contribution < -0.4 is 5.32 Å². The number of aromatic nitrogens is 2. The number of rotatable bonds is 5. The Morgan fingerprint density at radius 1 is 1.07 bits per heavy atom. The van der Waals surface area contributed by atoms with Crippen molar-refractivity contribution in [1.82, 2.24) is 10.2 Å². The molecule has 0 fully saturated rings. The Hall–Kier alpha value is -2.81. The highest BCUT2D eigenvalue weighted by atomic mass is 32.2. The smallest absolute Gasteiger partial charge is 0.403 e. The lowest BCUT2D eigenvalue weighted by Gasteiger charge is -2.05. The molecule has 0 bridgehead atoms. The Morgan fingerprint density at radius 3 is 2.37 bits per heavy atom. The number of carbonyl (C=O) groups is 1. The number of aryl methyl sites for hydroxylation is 1. The standard InChI is InChI=1S/C18H14F3N3O2S/c1-11-2-8-14(9-3-11)27-10-15(25)22-17-24-23-16(26-17)12-4-6-13(7-5-12)18(19,20)21/h2-9H,10H2,1H3,(H,22,24,25). The second-order valence-corrected chi connectivity index (χ2v) is 6.69. The zero-order valence-corrected chi connectivity index (χ0v) is 14.9. The molecule has 0 unspecified atom stereocenters. The highest BCUT2D eigenvalue weighted by Crippen LogP contribution is 2.31. The summed E-state index contributed by atoms with van der Waals surface area (Å²) >= 11 is 1.36. The molecule has 0 radical (unpaired) electrons. The normalized spacial score (nSPS) is 11.4. The van der Waals surface area contributed by atoms with E-state index in [-0.39, 0.29) is 23.6 Å². The molecular formula is C18H14F3N3O2S. The molecule has 0 spiro atoms. The molecule has 9 heteroatoms. The maximum absolute atomic E-state index is 12.6. The summed E-state index contributed by atoms with van der Waals surface area (Å²) in [6.45, 7) is 1.98. The summed E-state index contributed by atoms with van der Waals surface area (Å²) in [5, 5.41) is 9.90. The van der Waals surface area contributed by atoms with Crippen molar-refractivity contribution in [2.45, 2.75) is 18.0 Å². The molecule has 0 aliphatic heterocycles. The van der Waals surface area contributed by atoms with Gasteiger partial charge in [-0.15, -0.1) is 16.9 Å². The predicted octanol–water partition coefficient (Wildman–Crippen LogP) is 4.79. The number of carbonyl (C=O) groups excluding carboxylic acids is 1. The van der Waals surface area contributed by atoms with Crippen molar-refractivity contribution in [2.75, 3.05) is 11.1 Å². The number of alkyl halides is 3. The fourth-order valence-electron chi connectivity index (χ4n) is 2.13. The van der Waals surface area contributed by atoms with Crippen LogP contribution in [0.15, 0.2) is 57.8 Å². The third-order valence-electron chi connectivity index (χ3n) is 3.52. The van der Waals surface area contributed by atoms with E-state index >= 15 is 0 Å². The first-order valence-electron chi connectivity index (χ1n) is 7.82. The highest BCUT2D eigenvalue weighted by Gasteiger charge is 2.30. The quantitative estimate of drug-likeness (QED) is 0.631. The van der Waals surface area contributed by atoms with Gasteiger partial charge in [-0.2, -0.15) is 13.2 Å². The van der Waals surface area contributed by atoms with Crippen LogP contribution in [0.2, 0.25) is 0 Å². The van der Waals surface area contributed by atoms with E-state index in [2.05, 4.69) is 15.5 Å². The number of benzene rings is 2. The van der Waals surface area contributed by atoms with Crippen LogP contribution in [0.4, 0.5) is 19.2 Å². The lowest BCUT2D eigenvalue weighted by Crippen LogP contribution is -2.14. The SMILES string of the molecule is Cc1ccc(SCC(=O)Nc2nnc(-c3ccc(C(F)(F)F)cc3)o2)cc1. The topological polar surface area (TPSA) is 68.0 Å². The molecule has 2 aromatic carbocycles. The first-order chi connectivity index (χ1) is 12.8. The molecule has 1 aromatic heterocycles. The Morgan fingerprint density at radius 2 is 1.74 bits per heavy atom. The summed E-state index contributed by atoms with van der Waals surface area (Å²) in [4.78, 5) is 12.9. The summed E-state index contributed by atoms with van der Waals surface area (Å²) in [7, 11) is 0. The van der Waals surface area contributed by atoms with Crippen LogP contribution in [0.25, 0.3) is 11.5 Å². The predicted molar refractivity (Wildman–Crippen MR) is 95.3 cm³/mol. The van der Waals surface area contributed by atoms with Gasteiger partial charge in [0.2, 0.25) is 11.8 Å². The number of anilines is 1. The van der Waals surface area contributed by atoms with E-state index in [1.165, 1.54) is 23.9 Å². The monoisotopic (exact) mass is 393 g/mol. The van der Waals surface area contributed by atoms with Gasteiger partial charge >= 0.3 is 12.2 Å². The minimum atomic E-state index is -4.42. The van der Waals surface area contributed by atoms with E-state index in [0.29, 0.717) is 5.56 Å². The number of nitrogens with one attached hydrogen (secondary N) is 1. The molecule has 0 saturated heterocycles. The van der Waals surface area contributed by atoms with E-state index in [0.717, 1.165) is 22.6 Å². The average molecular weight is 393 g/mol. The van der Waals surface area contributed by atoms with Crippen molar-refractivity contribution in [2.24, 2.45) is 0 Å². The van der Waals surface area contributed by atoms with Crippen molar-refractivity contribution < 1.29 is 22.4 Å². The van der Waals surface area contributed by atoms with Crippen LogP contribution in [-0.4, -0.2) is 21.9 Å². The fourth-order valence-corrected chi connectivity index (χ4v) is 2.83. The van der Waals surface area contributed by atoms with E-state index in [1.54, 1.807) is 0 Å². The maximum Gasteiger partial charge on any atom is 0.416 e. The van der Waals surface area contributed by atoms with Gasteiger partial charge in [-0.25, -0.2) is 0 Å². The maximum atomic E-state index is 12.6. The number of nitrogens with zero attached hydrogens (tertiary/aromatic N) is 2. The van der Waals surface area contributed by atoms with Crippen LogP contribution in [0.1, 0.15) is 11.1 Å². The molecular weight excluding hydrogens is 379 g/mol. The van der Waals surface area contributed by atoms with Gasteiger partial charge in [-0.1, -0.05) is 22.8 Å². The van der Waals surface area contributed by atoms with Crippen LogP contribution in [0.3, 0.4) is 0 Å². The highest BCUT2D eigenvalue weighted by molar-refractivity contribution is 8.00. The van der Waals surface area contributed by atoms with Crippen LogP contribution >= 0.6 is 11.8 Å². The van der Waals surface area contributed by atoms with E-state index in [4.69, 9.17) is 4.42 Å². The number of halogens is 3. The molecule has 27 heavy (non-hydrogen) atoms. The van der Waals surface area contributed by atoms with Crippen molar-refractivity contribution in [1.29, 1.82) is 0 Å². The van der Waals surface area contributed by atoms with Gasteiger partial charge in [-0.05, 0) is 43.3 Å². The van der Waals surface area contributed by atoms with Crippen LogP contribution in [0.5, 0.6) is 0 Å². The van der Waals surface area contributed by atoms with Gasteiger partial charge in [0.1, 0.15) is 0 Å². The average Bonchev–Trinajstić information content (AvgIpc) is 3.09. The molecule has 0 saturated carbocycles. The van der Waals surface area contributed by atoms with Crippen LogP contribution in [0, 0.1) is 6.92 Å². The molecule has 1 heterocycles. The third-order valence-corrected chi connectivity index (χ3v) is 4.53. The molecule has 5 nitrogen and oxygen atoms in total. The van der Waals surface area contributed by atoms with E-state index in [1.807, 2.05) is 31.2 Å². The number of hydrogen-bond acceptors (Lipinski definition) is 5. The molecule has 0 aliphatic carbocycles. The molecule has 3 aromatic rings. The fraction of sp³-hybridized carbons (Fsp3) is 0.167. The number of hydrogen-bond donors (Lipinski definition) is 1. The molecule has 0 aliphatic rings. The molecule has 3 rings (SSSR count).